The summed E-state index contributed by atoms with van der Waals surface area (Å²) < 4.78 is 68.4. The summed E-state index contributed by atoms with van der Waals surface area (Å²) in [6.07, 6.45) is 2.25. The van der Waals surface area contributed by atoms with Gasteiger partial charge >= 0.3 is 0 Å². The smallest absolute Gasteiger partial charge is 0.255 e. The topological polar surface area (TPSA) is 125 Å². The van der Waals surface area contributed by atoms with Crippen molar-refractivity contribution in [2.75, 3.05) is 18.4 Å². The molecule has 0 radical (unpaired) electrons. The third-order valence-corrected chi connectivity index (χ3v) is 11.1. The summed E-state index contributed by atoms with van der Waals surface area (Å²) in [7, 11) is -4.16. The van der Waals surface area contributed by atoms with Gasteiger partial charge in [-0.1, -0.05) is 45.7 Å². The Kier molecular flexibility index (Phi) is 11.7. The fourth-order valence-electron chi connectivity index (χ4n) is 5.51. The van der Waals surface area contributed by atoms with Crippen molar-refractivity contribution in [1.82, 2.24) is 10.6 Å². The molecule has 13 heteroatoms. The van der Waals surface area contributed by atoms with Gasteiger partial charge in [0.15, 0.2) is 27.3 Å². The summed E-state index contributed by atoms with van der Waals surface area (Å²) in [6.45, 7) is 7.87. The quantitative estimate of drug-likeness (QED) is 0.221. The molecule has 3 rings (SSSR count). The van der Waals surface area contributed by atoms with Gasteiger partial charge in [-0.25, -0.2) is 21.6 Å². The Hall–Kier alpha value is -2.67. The van der Waals surface area contributed by atoms with E-state index in [2.05, 4.69) is 16.0 Å². The number of carbonyl (C=O) groups excluding carboxylic acids is 2. The summed E-state index contributed by atoms with van der Waals surface area (Å²) in [6, 6.07) is 4.44. The van der Waals surface area contributed by atoms with Gasteiger partial charge in [0, 0.05) is 29.9 Å². The van der Waals surface area contributed by atoms with Gasteiger partial charge in [-0.05, 0) is 62.3 Å². The van der Waals surface area contributed by atoms with E-state index in [1.807, 2.05) is 20.8 Å². The van der Waals surface area contributed by atoms with Crippen LogP contribution in [0, 0.1) is 29.3 Å². The molecule has 2 aromatic carbocycles. The lowest BCUT2D eigenvalue weighted by molar-refractivity contribution is -0.126. The van der Waals surface area contributed by atoms with Crippen LogP contribution in [0.3, 0.4) is 0 Å². The zero-order valence-electron chi connectivity index (χ0n) is 24.6. The highest BCUT2D eigenvalue weighted by Gasteiger charge is 2.43. The van der Waals surface area contributed by atoms with E-state index in [1.165, 1.54) is 12.1 Å². The predicted molar refractivity (Wildman–Crippen MR) is 159 cm³/mol. The number of hydrogen-bond donors (Lipinski definition) is 4. The normalized spacial score (nSPS) is 18.2. The van der Waals surface area contributed by atoms with Crippen molar-refractivity contribution in [3.63, 3.8) is 0 Å². The molecular weight excluding hydrogens is 607 g/mol. The van der Waals surface area contributed by atoms with E-state index in [1.54, 1.807) is 6.92 Å². The second-order valence-corrected chi connectivity index (χ2v) is 13.9. The molecule has 8 nitrogen and oxygen atoms in total. The van der Waals surface area contributed by atoms with Crippen LogP contribution < -0.4 is 16.0 Å². The number of amides is 2. The standard InChI is InChI=1S/C30H39ClF3N3O5S/c1-5-19(30(40,17(3)4)16-36-29(39)25-8-7-11-35-25)13-21(6-2)43(41,42)26-12-18(9-10-22(26)31)28(38)37-20-14-23(32)27(34)24(33)15-20/h9-10,12,14-15,17,19,21,25,35,40H,5-8,11,13,16H2,1-4H3,(H,36,39)(H,37,38)/t19?,21-,25-,30-/m0/s1. The molecule has 4 N–H and O–H groups in total. The van der Waals surface area contributed by atoms with E-state index < -0.39 is 50.0 Å². The lowest BCUT2D eigenvalue weighted by Gasteiger charge is -2.41. The molecule has 43 heavy (non-hydrogen) atoms. The maximum atomic E-state index is 13.9. The predicted octanol–water partition coefficient (Wildman–Crippen LogP) is 5.23. The maximum absolute atomic E-state index is 13.9. The molecule has 1 fully saturated rings. The highest BCUT2D eigenvalue weighted by molar-refractivity contribution is 7.92. The van der Waals surface area contributed by atoms with Gasteiger partial charge < -0.3 is 21.1 Å². The largest absolute Gasteiger partial charge is 0.387 e. The van der Waals surface area contributed by atoms with Crippen molar-refractivity contribution in [3.05, 3.63) is 58.4 Å². The van der Waals surface area contributed by atoms with Crippen molar-refractivity contribution in [1.29, 1.82) is 0 Å². The fraction of sp³-hybridized carbons (Fsp3) is 0.533. The monoisotopic (exact) mass is 645 g/mol. The first-order valence-corrected chi connectivity index (χ1v) is 16.3. The Balaban J connectivity index is 1.85. The van der Waals surface area contributed by atoms with Crippen molar-refractivity contribution in [3.8, 4) is 0 Å². The first kappa shape index (κ1) is 34.8. The molecule has 1 unspecified atom stereocenters. The summed E-state index contributed by atoms with van der Waals surface area (Å²) in [5.74, 6) is -6.61. The number of hydrogen-bond acceptors (Lipinski definition) is 6. The first-order valence-electron chi connectivity index (χ1n) is 14.4. The van der Waals surface area contributed by atoms with Crippen LogP contribution in [0.15, 0.2) is 35.2 Å². The number of benzene rings is 2. The molecule has 1 aliphatic rings. The van der Waals surface area contributed by atoms with Gasteiger partial charge in [-0.3, -0.25) is 9.59 Å². The molecule has 1 aliphatic heterocycles. The van der Waals surface area contributed by atoms with E-state index >= 15 is 0 Å². The molecule has 0 aromatic heterocycles. The third kappa shape index (κ3) is 7.89. The molecule has 1 saturated heterocycles. The minimum atomic E-state index is -4.16. The number of carbonyl (C=O) groups is 2. The Morgan fingerprint density at radius 2 is 1.77 bits per heavy atom. The summed E-state index contributed by atoms with van der Waals surface area (Å²) in [5.41, 5.74) is -1.92. The van der Waals surface area contributed by atoms with E-state index in [0.29, 0.717) is 25.0 Å². The zero-order chi connectivity index (χ0) is 32.1. The Labute approximate surface area is 255 Å². The summed E-state index contributed by atoms with van der Waals surface area (Å²) in [4.78, 5) is 25.2. The second-order valence-electron chi connectivity index (χ2n) is 11.3. The molecule has 0 spiro atoms. The number of sulfone groups is 1. The minimum Gasteiger partial charge on any atom is -0.387 e. The third-order valence-electron chi connectivity index (χ3n) is 8.31. The average Bonchev–Trinajstić information content (AvgIpc) is 3.50. The molecule has 238 valence electrons. The number of aliphatic hydroxyl groups is 1. The average molecular weight is 646 g/mol. The minimum absolute atomic E-state index is 0.0440. The SMILES string of the molecule is CCC(C[C@H](CC)S(=O)(=O)c1cc(C(=O)Nc2cc(F)c(F)c(F)c2)ccc1Cl)[C@](O)(CNC(=O)[C@@H]1CCCN1)C(C)C. The molecule has 1 heterocycles. The lowest BCUT2D eigenvalue weighted by atomic mass is 9.74. The highest BCUT2D eigenvalue weighted by Crippen LogP contribution is 2.37. The van der Waals surface area contributed by atoms with Crippen LogP contribution in [0.1, 0.15) is 70.2 Å². The summed E-state index contributed by atoms with van der Waals surface area (Å²) in [5, 5.41) is 18.9. The molecule has 2 aromatic rings. The van der Waals surface area contributed by atoms with Crippen LogP contribution in [0.5, 0.6) is 0 Å². The maximum Gasteiger partial charge on any atom is 0.255 e. The van der Waals surface area contributed by atoms with Gasteiger partial charge in [0.25, 0.3) is 5.91 Å². The van der Waals surface area contributed by atoms with Crippen LogP contribution in [-0.4, -0.2) is 55.3 Å². The van der Waals surface area contributed by atoms with Gasteiger partial charge in [-0.2, -0.15) is 0 Å². The van der Waals surface area contributed by atoms with Crippen molar-refractivity contribution < 1.29 is 36.3 Å². The van der Waals surface area contributed by atoms with Crippen LogP contribution in [-0.2, 0) is 14.6 Å². The molecule has 0 bridgehead atoms. The summed E-state index contributed by atoms with van der Waals surface area (Å²) >= 11 is 6.31. The van der Waals surface area contributed by atoms with Gasteiger partial charge in [0.05, 0.1) is 26.8 Å². The van der Waals surface area contributed by atoms with E-state index in [-0.39, 0.29) is 58.4 Å². The molecular formula is C30H39ClF3N3O5S. The van der Waals surface area contributed by atoms with Crippen molar-refractivity contribution >= 4 is 38.9 Å². The number of halogens is 4. The van der Waals surface area contributed by atoms with Crippen molar-refractivity contribution in [2.24, 2.45) is 11.8 Å². The van der Waals surface area contributed by atoms with Crippen molar-refractivity contribution in [2.45, 2.75) is 81.6 Å². The van der Waals surface area contributed by atoms with E-state index in [9.17, 15) is 36.3 Å². The second kappa shape index (κ2) is 14.4. The van der Waals surface area contributed by atoms with Crippen LogP contribution in [0.4, 0.5) is 18.9 Å². The number of anilines is 1. The zero-order valence-corrected chi connectivity index (χ0v) is 26.2. The highest BCUT2D eigenvalue weighted by atomic mass is 35.5. The molecule has 4 atom stereocenters. The number of rotatable bonds is 13. The van der Waals surface area contributed by atoms with Crippen LogP contribution >= 0.6 is 11.6 Å². The van der Waals surface area contributed by atoms with E-state index in [4.69, 9.17) is 11.6 Å². The Morgan fingerprint density at radius 1 is 1.12 bits per heavy atom. The van der Waals surface area contributed by atoms with Gasteiger partial charge in [-0.15, -0.1) is 0 Å². The fourth-order valence-corrected chi connectivity index (χ4v) is 7.86. The van der Waals surface area contributed by atoms with Gasteiger partial charge in [0.1, 0.15) is 0 Å². The molecule has 0 saturated carbocycles. The molecule has 0 aliphatic carbocycles. The molecule has 2 amide bonds. The number of nitrogens with one attached hydrogen (secondary N) is 3. The Morgan fingerprint density at radius 3 is 2.30 bits per heavy atom. The first-order chi connectivity index (χ1) is 20.1. The van der Waals surface area contributed by atoms with Crippen LogP contribution in [0.2, 0.25) is 5.02 Å². The Bertz CT molecular complexity index is 1410. The van der Waals surface area contributed by atoms with Crippen LogP contribution in [0.25, 0.3) is 0 Å². The van der Waals surface area contributed by atoms with E-state index in [0.717, 1.165) is 19.0 Å². The lowest BCUT2D eigenvalue weighted by Crippen LogP contribution is -2.55. The van der Waals surface area contributed by atoms with Gasteiger partial charge in [0.2, 0.25) is 5.91 Å².